The lowest BCUT2D eigenvalue weighted by Crippen LogP contribution is -2.08. The Balaban J connectivity index is 3.01. The normalized spacial score (nSPS) is 10.5. The largest absolute Gasteiger partial charge is 0.489 e. The quantitative estimate of drug-likeness (QED) is 0.815. The topological polar surface area (TPSA) is 46.5 Å². The molecule has 0 amide bonds. The third-order valence-electron chi connectivity index (χ3n) is 1.47. The van der Waals surface area contributed by atoms with Gasteiger partial charge in [0.15, 0.2) is 4.88 Å². The molecular formula is C9H12O3S. The lowest BCUT2D eigenvalue weighted by atomic mass is 10.3. The average molecular weight is 200 g/mol. The Bertz CT molecular complexity index is 315. The van der Waals surface area contributed by atoms with Crippen molar-refractivity contribution in [2.45, 2.75) is 26.9 Å². The van der Waals surface area contributed by atoms with E-state index >= 15 is 0 Å². The summed E-state index contributed by atoms with van der Waals surface area (Å²) in [5.41, 5.74) is 0.885. The molecule has 1 rings (SSSR count). The van der Waals surface area contributed by atoms with E-state index in [-0.39, 0.29) is 11.0 Å². The van der Waals surface area contributed by atoms with Crippen molar-refractivity contribution < 1.29 is 14.6 Å². The van der Waals surface area contributed by atoms with E-state index in [9.17, 15) is 4.79 Å². The van der Waals surface area contributed by atoms with E-state index in [1.165, 1.54) is 11.3 Å². The van der Waals surface area contributed by atoms with Gasteiger partial charge in [0.05, 0.1) is 6.10 Å². The Kier molecular flexibility index (Phi) is 2.93. The molecule has 0 radical (unpaired) electrons. The number of hydrogen-bond acceptors (Lipinski definition) is 3. The Morgan fingerprint density at radius 2 is 2.23 bits per heavy atom. The summed E-state index contributed by atoms with van der Waals surface area (Å²) in [5.74, 6) is -0.416. The van der Waals surface area contributed by atoms with E-state index in [1.54, 1.807) is 5.38 Å². The molecule has 0 aromatic carbocycles. The van der Waals surface area contributed by atoms with Gasteiger partial charge in [-0.25, -0.2) is 4.79 Å². The lowest BCUT2D eigenvalue weighted by molar-refractivity contribution is 0.0696. The van der Waals surface area contributed by atoms with Crippen LogP contribution in [0.15, 0.2) is 5.38 Å². The molecule has 1 N–H and O–H groups in total. The van der Waals surface area contributed by atoms with Gasteiger partial charge in [0.25, 0.3) is 0 Å². The molecule has 72 valence electrons. The first-order chi connectivity index (χ1) is 6.02. The fraction of sp³-hybridized carbons (Fsp3) is 0.444. The summed E-state index contributed by atoms with van der Waals surface area (Å²) in [4.78, 5) is 11.0. The van der Waals surface area contributed by atoms with Gasteiger partial charge in [0, 0.05) is 5.56 Å². The molecule has 4 heteroatoms. The van der Waals surface area contributed by atoms with Crippen LogP contribution in [0.25, 0.3) is 0 Å². The van der Waals surface area contributed by atoms with Crippen molar-refractivity contribution in [3.63, 3.8) is 0 Å². The predicted molar refractivity (Wildman–Crippen MR) is 51.8 cm³/mol. The minimum atomic E-state index is -0.922. The van der Waals surface area contributed by atoms with E-state index in [0.29, 0.717) is 5.75 Å². The number of carboxylic acids is 1. The standard InChI is InChI=1S/C9H12O3S/c1-5(2)12-7-6(3)4-13-8(7)9(10)11/h4-5H,1-3H3,(H,10,11). The third kappa shape index (κ3) is 2.21. The maximum atomic E-state index is 10.7. The molecule has 0 fully saturated rings. The lowest BCUT2D eigenvalue weighted by Gasteiger charge is -2.09. The van der Waals surface area contributed by atoms with Crippen molar-refractivity contribution in [3.05, 3.63) is 15.8 Å². The maximum Gasteiger partial charge on any atom is 0.349 e. The Hall–Kier alpha value is -1.03. The van der Waals surface area contributed by atoms with Crippen LogP contribution in [0.5, 0.6) is 5.75 Å². The fourth-order valence-electron chi connectivity index (χ4n) is 0.963. The number of aromatic carboxylic acids is 1. The van der Waals surface area contributed by atoms with Crippen LogP contribution in [0.2, 0.25) is 0 Å². The van der Waals surface area contributed by atoms with Gasteiger partial charge in [-0.05, 0) is 26.2 Å². The highest BCUT2D eigenvalue weighted by Crippen LogP contribution is 2.30. The molecule has 1 aromatic heterocycles. The summed E-state index contributed by atoms with van der Waals surface area (Å²) in [6.45, 7) is 5.60. The minimum Gasteiger partial charge on any atom is -0.489 e. The Morgan fingerprint density at radius 1 is 1.62 bits per heavy atom. The molecule has 0 aliphatic rings. The summed E-state index contributed by atoms with van der Waals surface area (Å²) in [6.07, 6.45) is 0.00593. The van der Waals surface area contributed by atoms with Crippen LogP contribution in [0, 0.1) is 6.92 Å². The molecule has 0 atom stereocenters. The number of hydrogen-bond donors (Lipinski definition) is 1. The summed E-state index contributed by atoms with van der Waals surface area (Å²) in [5, 5.41) is 10.6. The highest BCUT2D eigenvalue weighted by atomic mass is 32.1. The number of carboxylic acid groups (broad SMARTS) is 1. The first kappa shape index (κ1) is 10.1. The second-order valence-corrected chi connectivity index (χ2v) is 3.93. The van der Waals surface area contributed by atoms with Gasteiger partial charge in [-0.3, -0.25) is 0 Å². The van der Waals surface area contributed by atoms with Crippen LogP contribution in [-0.2, 0) is 0 Å². The van der Waals surface area contributed by atoms with Gasteiger partial charge in [-0.2, -0.15) is 0 Å². The van der Waals surface area contributed by atoms with E-state index in [4.69, 9.17) is 9.84 Å². The van der Waals surface area contributed by atoms with Crippen molar-refractivity contribution in [1.82, 2.24) is 0 Å². The molecule has 0 aliphatic heterocycles. The molecule has 0 saturated heterocycles. The molecule has 0 bridgehead atoms. The zero-order valence-electron chi connectivity index (χ0n) is 7.83. The van der Waals surface area contributed by atoms with Gasteiger partial charge >= 0.3 is 5.97 Å². The van der Waals surface area contributed by atoms with Gasteiger partial charge in [0.2, 0.25) is 0 Å². The molecule has 1 heterocycles. The number of ether oxygens (including phenoxy) is 1. The van der Waals surface area contributed by atoms with Crippen LogP contribution in [0.4, 0.5) is 0 Å². The van der Waals surface area contributed by atoms with E-state index in [0.717, 1.165) is 5.56 Å². The third-order valence-corrected chi connectivity index (χ3v) is 2.53. The summed E-state index contributed by atoms with van der Waals surface area (Å²) < 4.78 is 5.41. The highest BCUT2D eigenvalue weighted by molar-refractivity contribution is 7.12. The van der Waals surface area contributed by atoms with Crippen molar-refractivity contribution in [1.29, 1.82) is 0 Å². The van der Waals surface area contributed by atoms with E-state index in [1.807, 2.05) is 20.8 Å². The summed E-state index contributed by atoms with van der Waals surface area (Å²) in [6, 6.07) is 0. The first-order valence-electron chi connectivity index (χ1n) is 4.00. The second-order valence-electron chi connectivity index (χ2n) is 3.05. The minimum absolute atomic E-state index is 0.00593. The molecule has 3 nitrogen and oxygen atoms in total. The zero-order chi connectivity index (χ0) is 10.0. The average Bonchev–Trinajstić information content (AvgIpc) is 2.32. The van der Waals surface area contributed by atoms with Crippen molar-refractivity contribution in [2.24, 2.45) is 0 Å². The molecule has 0 aliphatic carbocycles. The number of carbonyl (C=O) groups is 1. The Labute approximate surface area is 81.0 Å². The van der Waals surface area contributed by atoms with Gasteiger partial charge in [0.1, 0.15) is 5.75 Å². The Morgan fingerprint density at radius 3 is 2.69 bits per heavy atom. The summed E-state index contributed by atoms with van der Waals surface area (Å²) >= 11 is 1.20. The van der Waals surface area contributed by atoms with E-state index < -0.39 is 5.97 Å². The number of rotatable bonds is 3. The molecular weight excluding hydrogens is 188 g/mol. The molecule has 0 spiro atoms. The first-order valence-corrected chi connectivity index (χ1v) is 4.88. The second kappa shape index (κ2) is 3.79. The number of thiophene rings is 1. The SMILES string of the molecule is Cc1csc(C(=O)O)c1OC(C)C. The molecule has 1 aromatic rings. The van der Waals surface area contributed by atoms with Gasteiger partial charge in [-0.1, -0.05) is 0 Å². The van der Waals surface area contributed by atoms with Crippen LogP contribution >= 0.6 is 11.3 Å². The van der Waals surface area contributed by atoms with Crippen LogP contribution < -0.4 is 4.74 Å². The molecule has 0 saturated carbocycles. The zero-order valence-corrected chi connectivity index (χ0v) is 8.64. The van der Waals surface area contributed by atoms with Crippen molar-refractivity contribution in [2.75, 3.05) is 0 Å². The highest BCUT2D eigenvalue weighted by Gasteiger charge is 2.17. The van der Waals surface area contributed by atoms with Crippen molar-refractivity contribution >= 4 is 17.3 Å². The maximum absolute atomic E-state index is 10.7. The summed E-state index contributed by atoms with van der Waals surface area (Å²) in [7, 11) is 0. The van der Waals surface area contributed by atoms with Crippen LogP contribution in [-0.4, -0.2) is 17.2 Å². The number of aryl methyl sites for hydroxylation is 1. The van der Waals surface area contributed by atoms with Gasteiger partial charge < -0.3 is 9.84 Å². The molecule has 13 heavy (non-hydrogen) atoms. The van der Waals surface area contributed by atoms with Crippen molar-refractivity contribution in [3.8, 4) is 5.75 Å². The van der Waals surface area contributed by atoms with Crippen LogP contribution in [0.3, 0.4) is 0 Å². The van der Waals surface area contributed by atoms with Crippen LogP contribution in [0.1, 0.15) is 29.1 Å². The van der Waals surface area contributed by atoms with Gasteiger partial charge in [-0.15, -0.1) is 11.3 Å². The predicted octanol–water partition coefficient (Wildman–Crippen LogP) is 2.54. The fourth-order valence-corrected chi connectivity index (χ4v) is 1.78. The smallest absolute Gasteiger partial charge is 0.349 e. The van der Waals surface area contributed by atoms with E-state index in [2.05, 4.69) is 0 Å². The monoisotopic (exact) mass is 200 g/mol. The molecule has 0 unspecified atom stereocenters.